The Kier molecular flexibility index (Phi) is 4.44. The molecule has 0 bridgehead atoms. The Bertz CT molecular complexity index is 862. The topological polar surface area (TPSA) is 75.6 Å². The average Bonchev–Trinajstić information content (AvgIpc) is 3.11. The number of anilines is 1. The molecule has 2 N–H and O–H groups in total. The zero-order chi connectivity index (χ0) is 16.4. The number of aromatic amines is 1. The number of carbonyl (C=O) groups is 1. The second-order valence-corrected chi connectivity index (χ2v) is 5.94. The predicted octanol–water partition coefficient (Wildman–Crippen LogP) is 3.46. The molecule has 9 heteroatoms. The first-order valence-electron chi connectivity index (χ1n) is 6.50. The molecule has 0 aliphatic heterocycles. The van der Waals surface area contributed by atoms with Crippen molar-refractivity contribution in [1.29, 1.82) is 0 Å². The van der Waals surface area contributed by atoms with E-state index >= 15 is 0 Å². The zero-order valence-corrected chi connectivity index (χ0v) is 13.9. The van der Waals surface area contributed by atoms with E-state index in [0.717, 1.165) is 5.56 Å². The Labute approximate surface area is 143 Å². The third-order valence-corrected chi connectivity index (χ3v) is 4.00. The van der Waals surface area contributed by atoms with Gasteiger partial charge in [0.15, 0.2) is 5.82 Å². The second kappa shape index (κ2) is 6.51. The Morgan fingerprint density at radius 1 is 1.43 bits per heavy atom. The van der Waals surface area contributed by atoms with Gasteiger partial charge in [0, 0.05) is 17.3 Å². The van der Waals surface area contributed by atoms with E-state index in [1.807, 2.05) is 0 Å². The first kappa shape index (κ1) is 15.7. The molecular weight excluding hydrogens is 389 g/mol. The summed E-state index contributed by atoms with van der Waals surface area (Å²) in [5.41, 5.74) is 1.03. The molecule has 1 aromatic carbocycles. The molecule has 0 saturated carbocycles. The predicted molar refractivity (Wildman–Crippen MR) is 87.0 cm³/mol. The van der Waals surface area contributed by atoms with Crippen LogP contribution in [0, 0.1) is 5.82 Å². The van der Waals surface area contributed by atoms with E-state index in [1.54, 1.807) is 23.0 Å². The molecule has 0 spiro atoms. The molecule has 3 rings (SSSR count). The number of benzene rings is 1. The number of hydrogen-bond acceptors (Lipinski definition) is 3. The van der Waals surface area contributed by atoms with Gasteiger partial charge in [0.1, 0.15) is 11.5 Å². The summed E-state index contributed by atoms with van der Waals surface area (Å²) in [6.07, 6.45) is 3.18. The number of rotatable bonds is 4. The zero-order valence-electron chi connectivity index (χ0n) is 11.6. The Balaban J connectivity index is 1.71. The molecule has 1 amide bonds. The minimum atomic E-state index is -0.391. The van der Waals surface area contributed by atoms with Gasteiger partial charge in [-0.1, -0.05) is 17.7 Å². The van der Waals surface area contributed by atoms with Gasteiger partial charge in [0.05, 0.1) is 17.2 Å². The van der Waals surface area contributed by atoms with Gasteiger partial charge in [-0.05, 0) is 33.6 Å². The molecule has 118 valence electrons. The second-order valence-electron chi connectivity index (χ2n) is 4.68. The molecule has 0 fully saturated rings. The number of nitrogens with one attached hydrogen (secondary N) is 2. The highest BCUT2D eigenvalue weighted by atomic mass is 79.9. The Morgan fingerprint density at radius 3 is 2.96 bits per heavy atom. The van der Waals surface area contributed by atoms with Gasteiger partial charge in [-0.3, -0.25) is 14.6 Å². The van der Waals surface area contributed by atoms with Crippen LogP contribution in [0.3, 0.4) is 0 Å². The number of nitrogens with zero attached hydrogens (tertiary/aromatic N) is 3. The van der Waals surface area contributed by atoms with Crippen LogP contribution in [-0.2, 0) is 6.54 Å². The van der Waals surface area contributed by atoms with Gasteiger partial charge in [0.25, 0.3) is 5.91 Å². The monoisotopic (exact) mass is 397 g/mol. The van der Waals surface area contributed by atoms with Crippen molar-refractivity contribution in [3.8, 4) is 0 Å². The normalized spacial score (nSPS) is 10.7. The van der Waals surface area contributed by atoms with Crippen LogP contribution in [0.4, 0.5) is 10.2 Å². The van der Waals surface area contributed by atoms with Crippen LogP contribution in [0.5, 0.6) is 0 Å². The summed E-state index contributed by atoms with van der Waals surface area (Å²) in [7, 11) is 0. The minimum absolute atomic E-state index is 0.307. The lowest BCUT2D eigenvalue weighted by atomic mass is 10.2. The summed E-state index contributed by atoms with van der Waals surface area (Å²) >= 11 is 9.21. The first-order valence-corrected chi connectivity index (χ1v) is 7.67. The molecule has 0 radical (unpaired) electrons. The van der Waals surface area contributed by atoms with E-state index < -0.39 is 5.82 Å². The van der Waals surface area contributed by atoms with Crippen LogP contribution in [0.25, 0.3) is 0 Å². The van der Waals surface area contributed by atoms with Crippen molar-refractivity contribution in [1.82, 2.24) is 20.0 Å². The summed E-state index contributed by atoms with van der Waals surface area (Å²) in [4.78, 5) is 12.0. The lowest BCUT2D eigenvalue weighted by Gasteiger charge is -2.05. The number of aromatic nitrogens is 4. The minimum Gasteiger partial charge on any atom is -0.304 e. The fraction of sp³-hybridized carbons (Fsp3) is 0.0714. The summed E-state index contributed by atoms with van der Waals surface area (Å²) in [6.45, 7) is 0.364. The molecule has 23 heavy (non-hydrogen) atoms. The molecular formula is C14H10BrClFN5O. The third-order valence-electron chi connectivity index (χ3n) is 3.05. The molecule has 0 saturated heterocycles. The van der Waals surface area contributed by atoms with E-state index in [2.05, 4.69) is 36.5 Å². The van der Waals surface area contributed by atoms with Crippen LogP contribution < -0.4 is 5.32 Å². The first-order chi connectivity index (χ1) is 11.0. The molecule has 3 aromatic rings. The van der Waals surface area contributed by atoms with E-state index in [9.17, 15) is 9.18 Å². The summed E-state index contributed by atoms with van der Waals surface area (Å²) in [5.74, 6) is -0.369. The maximum atomic E-state index is 13.0. The van der Waals surface area contributed by atoms with Gasteiger partial charge < -0.3 is 5.32 Å². The fourth-order valence-corrected chi connectivity index (χ4v) is 2.55. The standard InChI is InChI=1S/C14H10BrClFN5O/c15-10-6-18-20-13(10)14(23)19-12-3-4-22(21-12)7-8-1-2-9(17)5-11(8)16/h1-6H,7H2,(H,18,20)(H,19,21,23). The smallest absolute Gasteiger partial charge is 0.276 e. The van der Waals surface area contributed by atoms with Crippen molar-refractivity contribution >= 4 is 39.3 Å². The Hall–Kier alpha value is -2.19. The van der Waals surface area contributed by atoms with Crippen LogP contribution >= 0.6 is 27.5 Å². The average molecular weight is 399 g/mol. The molecule has 0 aliphatic rings. The van der Waals surface area contributed by atoms with E-state index in [0.29, 0.717) is 27.6 Å². The van der Waals surface area contributed by atoms with Crippen LogP contribution in [0.2, 0.25) is 5.02 Å². The van der Waals surface area contributed by atoms with Crippen molar-refractivity contribution < 1.29 is 9.18 Å². The van der Waals surface area contributed by atoms with Gasteiger partial charge in [0.2, 0.25) is 0 Å². The molecule has 6 nitrogen and oxygen atoms in total. The van der Waals surface area contributed by atoms with Crippen molar-refractivity contribution in [2.75, 3.05) is 5.32 Å². The molecule has 2 heterocycles. The number of hydrogen-bond donors (Lipinski definition) is 2. The summed E-state index contributed by atoms with van der Waals surface area (Å²) in [5, 5.41) is 13.6. The van der Waals surface area contributed by atoms with Crippen molar-refractivity contribution in [3.05, 3.63) is 63.2 Å². The number of carbonyl (C=O) groups excluding carboxylic acids is 1. The number of H-pyrrole nitrogens is 1. The van der Waals surface area contributed by atoms with Crippen LogP contribution in [0.1, 0.15) is 16.1 Å². The van der Waals surface area contributed by atoms with Gasteiger partial charge >= 0.3 is 0 Å². The van der Waals surface area contributed by atoms with E-state index in [1.165, 1.54) is 18.3 Å². The molecule has 0 aliphatic carbocycles. The van der Waals surface area contributed by atoms with Gasteiger partial charge in [-0.15, -0.1) is 0 Å². The van der Waals surface area contributed by atoms with E-state index in [-0.39, 0.29) is 5.91 Å². The molecule has 0 unspecified atom stereocenters. The third kappa shape index (κ3) is 3.59. The summed E-state index contributed by atoms with van der Waals surface area (Å²) in [6, 6.07) is 5.83. The molecule has 2 aromatic heterocycles. The van der Waals surface area contributed by atoms with Crippen LogP contribution in [-0.4, -0.2) is 25.9 Å². The fourth-order valence-electron chi connectivity index (χ4n) is 1.95. The highest BCUT2D eigenvalue weighted by molar-refractivity contribution is 9.10. The highest BCUT2D eigenvalue weighted by Crippen LogP contribution is 2.19. The Morgan fingerprint density at radius 2 is 2.26 bits per heavy atom. The number of halogens is 3. The highest BCUT2D eigenvalue weighted by Gasteiger charge is 2.13. The van der Waals surface area contributed by atoms with Gasteiger partial charge in [-0.25, -0.2) is 4.39 Å². The lowest BCUT2D eigenvalue weighted by molar-refractivity contribution is 0.102. The maximum Gasteiger partial charge on any atom is 0.276 e. The van der Waals surface area contributed by atoms with Gasteiger partial charge in [-0.2, -0.15) is 10.2 Å². The van der Waals surface area contributed by atoms with Crippen molar-refractivity contribution in [3.63, 3.8) is 0 Å². The summed E-state index contributed by atoms with van der Waals surface area (Å²) < 4.78 is 15.2. The van der Waals surface area contributed by atoms with Crippen molar-refractivity contribution in [2.45, 2.75) is 6.54 Å². The lowest BCUT2D eigenvalue weighted by Crippen LogP contribution is -2.14. The van der Waals surface area contributed by atoms with E-state index in [4.69, 9.17) is 11.6 Å². The van der Waals surface area contributed by atoms with Crippen LogP contribution in [0.15, 0.2) is 41.1 Å². The maximum absolute atomic E-state index is 13.0. The van der Waals surface area contributed by atoms with Crippen molar-refractivity contribution in [2.24, 2.45) is 0 Å². The molecule has 0 atom stereocenters. The quantitative estimate of drug-likeness (QED) is 0.707. The SMILES string of the molecule is O=C(Nc1ccn(Cc2ccc(F)cc2Cl)n1)c1[nH]ncc1Br. The number of amides is 1. The largest absolute Gasteiger partial charge is 0.304 e.